The molecule has 0 aliphatic carbocycles. The van der Waals surface area contributed by atoms with Crippen LogP contribution in [0.15, 0.2) is 109 Å². The van der Waals surface area contributed by atoms with Gasteiger partial charge in [-0.25, -0.2) is 9.59 Å². The van der Waals surface area contributed by atoms with Gasteiger partial charge in [-0.3, -0.25) is 9.59 Å². The Labute approximate surface area is 266 Å². The maximum absolute atomic E-state index is 13.4. The van der Waals surface area contributed by atoms with Crippen molar-refractivity contribution in [1.29, 1.82) is 0 Å². The largest absolute Gasteiger partial charge is 0.504 e. The van der Waals surface area contributed by atoms with Crippen LogP contribution in [0.2, 0.25) is 0 Å². The molecule has 4 rings (SSSR count). The number of carbonyl (C=O) groups is 4. The lowest BCUT2D eigenvalue weighted by Crippen LogP contribution is -2.53. The molecule has 0 aliphatic heterocycles. The van der Waals surface area contributed by atoms with E-state index in [0.717, 1.165) is 16.7 Å². The molecule has 0 fully saturated rings. The van der Waals surface area contributed by atoms with E-state index in [4.69, 9.17) is 19.9 Å². The number of nitrogens with two attached hydrogens (primary N) is 1. The number of amides is 3. The molecule has 4 aromatic rings. The summed E-state index contributed by atoms with van der Waals surface area (Å²) in [5.41, 5.74) is 8.23. The van der Waals surface area contributed by atoms with E-state index in [0.29, 0.717) is 5.56 Å². The number of carbonyl (C=O) groups excluding carboxylic acids is 4. The SMILES string of the molecule is NC(=O)C[C@H](NC(=O)OCc1ccccc1)C(=O)N[C@@H](Cc1ccc(O)c(OCc2ccccc2)c1)C(=O)OCc1ccccc1. The van der Waals surface area contributed by atoms with Crippen LogP contribution < -0.4 is 21.1 Å². The van der Waals surface area contributed by atoms with Crippen LogP contribution in [-0.4, -0.2) is 41.1 Å². The van der Waals surface area contributed by atoms with Crippen LogP contribution in [0.25, 0.3) is 0 Å². The van der Waals surface area contributed by atoms with Gasteiger partial charge in [0.2, 0.25) is 11.8 Å². The van der Waals surface area contributed by atoms with Crippen LogP contribution >= 0.6 is 0 Å². The lowest BCUT2D eigenvalue weighted by molar-refractivity contribution is -0.149. The van der Waals surface area contributed by atoms with Crippen LogP contribution in [0.1, 0.15) is 28.7 Å². The number of ether oxygens (including phenoxy) is 3. The lowest BCUT2D eigenvalue weighted by atomic mass is 10.0. The highest BCUT2D eigenvalue weighted by Crippen LogP contribution is 2.28. The minimum absolute atomic E-state index is 0.0537. The molecule has 0 radical (unpaired) electrons. The second-order valence-electron chi connectivity index (χ2n) is 10.4. The van der Waals surface area contributed by atoms with Gasteiger partial charge >= 0.3 is 12.1 Å². The van der Waals surface area contributed by atoms with Crippen molar-refractivity contribution in [2.24, 2.45) is 5.73 Å². The normalized spacial score (nSPS) is 11.8. The van der Waals surface area contributed by atoms with Crippen molar-refractivity contribution in [3.63, 3.8) is 0 Å². The molecule has 46 heavy (non-hydrogen) atoms. The Balaban J connectivity index is 1.48. The summed E-state index contributed by atoms with van der Waals surface area (Å²) in [6.45, 7) is 0.0708. The number of hydrogen-bond acceptors (Lipinski definition) is 8. The third kappa shape index (κ3) is 10.7. The molecule has 0 aliphatic rings. The maximum Gasteiger partial charge on any atom is 0.408 e. The number of aromatic hydroxyl groups is 1. The van der Waals surface area contributed by atoms with Gasteiger partial charge in [-0.2, -0.15) is 0 Å². The van der Waals surface area contributed by atoms with E-state index < -0.39 is 42.4 Å². The number of phenols is 1. The van der Waals surface area contributed by atoms with Crippen molar-refractivity contribution in [2.75, 3.05) is 0 Å². The zero-order valence-corrected chi connectivity index (χ0v) is 25.0. The Kier molecular flexibility index (Phi) is 12.1. The number of hydrogen-bond donors (Lipinski definition) is 4. The number of rotatable bonds is 15. The number of benzene rings is 4. The molecule has 0 aromatic heterocycles. The number of phenolic OH excluding ortho intramolecular Hbond substituents is 1. The molecule has 3 amide bonds. The lowest BCUT2D eigenvalue weighted by Gasteiger charge is -2.22. The molecular formula is C35H35N3O8. The molecule has 4 aromatic carbocycles. The predicted octanol–water partition coefficient (Wildman–Crippen LogP) is 3.91. The van der Waals surface area contributed by atoms with Crippen LogP contribution in [0.5, 0.6) is 11.5 Å². The van der Waals surface area contributed by atoms with E-state index in [2.05, 4.69) is 10.6 Å². The highest BCUT2D eigenvalue weighted by Gasteiger charge is 2.30. The summed E-state index contributed by atoms with van der Waals surface area (Å²) in [6, 6.07) is 29.1. The standard InChI is InChI=1S/C35H35N3O8/c36-32(40)20-28(38-35(43)46-23-26-14-8-3-9-15-26)33(41)37-29(34(42)45-22-25-12-6-2-7-13-25)18-27-16-17-30(39)31(19-27)44-21-24-10-4-1-5-11-24/h1-17,19,28-29,39H,18,20-23H2,(H2,36,40)(H,37,41)(H,38,43)/t28-,29-/m0/s1. The molecule has 11 nitrogen and oxygen atoms in total. The van der Waals surface area contributed by atoms with Gasteiger partial charge in [-0.05, 0) is 34.4 Å². The fraction of sp³-hybridized carbons (Fsp3) is 0.200. The van der Waals surface area contributed by atoms with Crippen LogP contribution in [0, 0.1) is 0 Å². The molecule has 5 N–H and O–H groups in total. The molecule has 0 saturated heterocycles. The first-order valence-electron chi connectivity index (χ1n) is 14.5. The summed E-state index contributed by atoms with van der Waals surface area (Å²) in [7, 11) is 0. The van der Waals surface area contributed by atoms with E-state index in [9.17, 15) is 24.3 Å². The second kappa shape index (κ2) is 16.9. The maximum atomic E-state index is 13.4. The fourth-order valence-electron chi connectivity index (χ4n) is 4.38. The first-order valence-corrected chi connectivity index (χ1v) is 14.5. The zero-order valence-electron chi connectivity index (χ0n) is 25.0. The van der Waals surface area contributed by atoms with Gasteiger partial charge < -0.3 is 35.7 Å². The van der Waals surface area contributed by atoms with Gasteiger partial charge in [0.1, 0.15) is 31.9 Å². The molecule has 11 heteroatoms. The van der Waals surface area contributed by atoms with Crippen molar-refractivity contribution >= 4 is 23.9 Å². The molecule has 238 valence electrons. The van der Waals surface area contributed by atoms with E-state index in [1.54, 1.807) is 60.7 Å². The summed E-state index contributed by atoms with van der Waals surface area (Å²) in [4.78, 5) is 51.0. The highest BCUT2D eigenvalue weighted by molar-refractivity contribution is 5.93. The van der Waals surface area contributed by atoms with E-state index in [1.165, 1.54) is 6.07 Å². The number of nitrogens with one attached hydrogen (secondary N) is 2. The molecule has 0 saturated carbocycles. The van der Waals surface area contributed by atoms with Gasteiger partial charge in [-0.15, -0.1) is 0 Å². The summed E-state index contributed by atoms with van der Waals surface area (Å²) in [5, 5.41) is 15.3. The van der Waals surface area contributed by atoms with Crippen LogP contribution in [0.4, 0.5) is 4.79 Å². The quantitative estimate of drug-likeness (QED) is 0.144. The Hall–Kier alpha value is -5.84. The molecule has 0 unspecified atom stereocenters. The van der Waals surface area contributed by atoms with Crippen molar-refractivity contribution in [3.8, 4) is 11.5 Å². The predicted molar refractivity (Wildman–Crippen MR) is 168 cm³/mol. The second-order valence-corrected chi connectivity index (χ2v) is 10.4. The van der Waals surface area contributed by atoms with Gasteiger partial charge in [0.15, 0.2) is 11.5 Å². The van der Waals surface area contributed by atoms with E-state index in [1.807, 2.05) is 42.5 Å². The first-order chi connectivity index (χ1) is 22.3. The Morgan fingerprint density at radius 3 is 1.76 bits per heavy atom. The number of alkyl carbamates (subject to hydrolysis) is 1. The minimum atomic E-state index is -1.44. The Morgan fingerprint density at radius 1 is 0.652 bits per heavy atom. The average molecular weight is 626 g/mol. The van der Waals surface area contributed by atoms with E-state index >= 15 is 0 Å². The molecular weight excluding hydrogens is 590 g/mol. The fourth-order valence-corrected chi connectivity index (χ4v) is 4.38. The van der Waals surface area contributed by atoms with Crippen LogP contribution in [-0.2, 0) is 50.1 Å². The Morgan fingerprint density at radius 2 is 1.20 bits per heavy atom. The molecule has 2 atom stereocenters. The van der Waals surface area contributed by atoms with Gasteiger partial charge in [-0.1, -0.05) is 97.1 Å². The topological polar surface area (TPSA) is 166 Å². The summed E-state index contributed by atoms with van der Waals surface area (Å²) in [6.07, 6.45) is -1.56. The van der Waals surface area contributed by atoms with Gasteiger partial charge in [0.25, 0.3) is 0 Å². The molecule has 0 spiro atoms. The summed E-state index contributed by atoms with van der Waals surface area (Å²) in [5.74, 6) is -2.39. The summed E-state index contributed by atoms with van der Waals surface area (Å²) < 4.78 is 16.5. The first kappa shape index (κ1) is 33.1. The average Bonchev–Trinajstić information content (AvgIpc) is 3.07. The minimum Gasteiger partial charge on any atom is -0.504 e. The smallest absolute Gasteiger partial charge is 0.408 e. The zero-order chi connectivity index (χ0) is 32.7. The number of esters is 1. The van der Waals surface area contributed by atoms with Crippen molar-refractivity contribution in [1.82, 2.24) is 10.6 Å². The highest BCUT2D eigenvalue weighted by atomic mass is 16.5. The van der Waals surface area contributed by atoms with Crippen molar-refractivity contribution < 1.29 is 38.5 Å². The van der Waals surface area contributed by atoms with Crippen LogP contribution in [0.3, 0.4) is 0 Å². The number of primary amides is 1. The molecule has 0 heterocycles. The monoisotopic (exact) mass is 625 g/mol. The van der Waals surface area contributed by atoms with Gasteiger partial charge in [0, 0.05) is 6.42 Å². The summed E-state index contributed by atoms with van der Waals surface area (Å²) >= 11 is 0. The third-order valence-electron chi connectivity index (χ3n) is 6.75. The van der Waals surface area contributed by atoms with E-state index in [-0.39, 0.29) is 37.7 Å². The Bertz CT molecular complexity index is 1600. The van der Waals surface area contributed by atoms with Crippen molar-refractivity contribution in [2.45, 2.75) is 44.7 Å². The van der Waals surface area contributed by atoms with Crippen molar-refractivity contribution in [3.05, 3.63) is 131 Å². The van der Waals surface area contributed by atoms with Gasteiger partial charge in [0.05, 0.1) is 6.42 Å². The molecule has 0 bridgehead atoms. The third-order valence-corrected chi connectivity index (χ3v) is 6.75.